The number of nitrogens with zero attached hydrogens (tertiary/aromatic N) is 2. The number of amides is 1. The lowest BCUT2D eigenvalue weighted by Gasteiger charge is -2.39. The van der Waals surface area contributed by atoms with Crippen LogP contribution in [-0.2, 0) is 11.3 Å². The topological polar surface area (TPSA) is 53.0 Å². The molecule has 2 aromatic rings. The van der Waals surface area contributed by atoms with Gasteiger partial charge in [-0.15, -0.1) is 0 Å². The maximum atomic E-state index is 12.8. The van der Waals surface area contributed by atoms with E-state index in [4.69, 9.17) is 4.74 Å². The van der Waals surface area contributed by atoms with Crippen LogP contribution in [-0.4, -0.2) is 52.3 Å². The van der Waals surface area contributed by atoms with E-state index in [1.54, 1.807) is 0 Å². The van der Waals surface area contributed by atoms with E-state index in [1.807, 2.05) is 74.2 Å². The molecule has 5 nitrogen and oxygen atoms in total. The molecule has 0 spiro atoms. The van der Waals surface area contributed by atoms with E-state index < -0.39 is 11.7 Å². The molecule has 1 fully saturated rings. The zero-order valence-electron chi connectivity index (χ0n) is 19.0. The van der Waals surface area contributed by atoms with Crippen molar-refractivity contribution in [1.82, 2.24) is 9.80 Å². The fraction of sp³-hybridized carbons (Fsp3) is 0.500. The number of hydrogen-bond acceptors (Lipinski definition) is 4. The highest BCUT2D eigenvalue weighted by Gasteiger charge is 2.32. The number of piperidine rings is 1. The molecule has 0 aliphatic carbocycles. The summed E-state index contributed by atoms with van der Waals surface area (Å²) >= 11 is 0. The van der Waals surface area contributed by atoms with E-state index in [0.717, 1.165) is 37.9 Å². The quantitative estimate of drug-likeness (QED) is 0.679. The van der Waals surface area contributed by atoms with Crippen LogP contribution in [0.5, 0.6) is 0 Å². The minimum absolute atomic E-state index is 0.0790. The Balaban J connectivity index is 1.74. The van der Waals surface area contributed by atoms with Gasteiger partial charge in [-0.1, -0.05) is 60.7 Å². The van der Waals surface area contributed by atoms with Crippen LogP contribution in [0.4, 0.5) is 4.79 Å². The molecule has 2 unspecified atom stereocenters. The van der Waals surface area contributed by atoms with Gasteiger partial charge in [0.25, 0.3) is 0 Å². The number of carbonyl (C=O) groups is 1. The Morgan fingerprint density at radius 1 is 1.10 bits per heavy atom. The van der Waals surface area contributed by atoms with Gasteiger partial charge in [-0.25, -0.2) is 4.79 Å². The van der Waals surface area contributed by atoms with Gasteiger partial charge in [0.1, 0.15) is 5.60 Å². The third-order valence-corrected chi connectivity index (χ3v) is 5.59. The van der Waals surface area contributed by atoms with E-state index in [9.17, 15) is 9.90 Å². The number of aliphatic hydroxyl groups excluding tert-OH is 1. The van der Waals surface area contributed by atoms with E-state index in [-0.39, 0.29) is 12.1 Å². The third kappa shape index (κ3) is 7.37. The van der Waals surface area contributed by atoms with E-state index >= 15 is 0 Å². The highest BCUT2D eigenvalue weighted by molar-refractivity contribution is 5.68. The molecule has 2 aromatic carbocycles. The second-order valence-electron chi connectivity index (χ2n) is 9.43. The zero-order chi connectivity index (χ0) is 22.3. The van der Waals surface area contributed by atoms with Crippen molar-refractivity contribution in [2.45, 2.75) is 64.3 Å². The van der Waals surface area contributed by atoms with Crippen molar-refractivity contribution in [1.29, 1.82) is 0 Å². The maximum absolute atomic E-state index is 12.8. The Bertz CT molecular complexity index is 804. The fourth-order valence-corrected chi connectivity index (χ4v) is 4.12. The van der Waals surface area contributed by atoms with Crippen LogP contribution < -0.4 is 0 Å². The second-order valence-corrected chi connectivity index (χ2v) is 9.43. The van der Waals surface area contributed by atoms with Crippen LogP contribution in [0.25, 0.3) is 0 Å². The first-order chi connectivity index (χ1) is 14.8. The van der Waals surface area contributed by atoms with Crippen LogP contribution in [0.1, 0.15) is 57.3 Å². The number of carbonyl (C=O) groups excluding carboxylic acids is 1. The monoisotopic (exact) mass is 424 g/mol. The molecule has 0 saturated carbocycles. The number of benzene rings is 2. The summed E-state index contributed by atoms with van der Waals surface area (Å²) in [4.78, 5) is 17.0. The average molecular weight is 425 g/mol. The van der Waals surface area contributed by atoms with Crippen molar-refractivity contribution >= 4 is 6.09 Å². The van der Waals surface area contributed by atoms with Gasteiger partial charge in [-0.3, -0.25) is 4.90 Å². The van der Waals surface area contributed by atoms with Crippen LogP contribution in [0.3, 0.4) is 0 Å². The first-order valence-electron chi connectivity index (χ1n) is 11.3. The van der Waals surface area contributed by atoms with Gasteiger partial charge < -0.3 is 14.7 Å². The lowest BCUT2D eigenvalue weighted by Crippen LogP contribution is -2.51. The van der Waals surface area contributed by atoms with Crippen molar-refractivity contribution in [3.63, 3.8) is 0 Å². The van der Waals surface area contributed by atoms with E-state index in [2.05, 4.69) is 17.0 Å². The number of aliphatic hydroxyl groups is 1. The molecular formula is C26H36N2O3. The summed E-state index contributed by atoms with van der Waals surface area (Å²) in [5.41, 5.74) is 1.60. The summed E-state index contributed by atoms with van der Waals surface area (Å²) in [6.45, 7) is 8.38. The second kappa shape index (κ2) is 10.8. The number of hydrogen-bond donors (Lipinski definition) is 1. The molecule has 1 saturated heterocycles. The van der Waals surface area contributed by atoms with Gasteiger partial charge in [0.15, 0.2) is 0 Å². The molecule has 2 atom stereocenters. The SMILES string of the molecule is CC(C)(C)OC(=O)N1CCCCC1CN(Cc1ccccc1)CC(O)c1ccccc1. The van der Waals surface area contributed by atoms with Crippen LogP contribution >= 0.6 is 0 Å². The Morgan fingerprint density at radius 3 is 2.39 bits per heavy atom. The Morgan fingerprint density at radius 2 is 1.74 bits per heavy atom. The number of rotatable bonds is 7. The first kappa shape index (κ1) is 23.3. The number of likely N-dealkylation sites (tertiary alicyclic amines) is 1. The standard InChI is InChI=1S/C26H36N2O3/c1-26(2,3)31-25(30)28-17-11-10-16-23(28)19-27(18-21-12-6-4-7-13-21)20-24(29)22-14-8-5-9-15-22/h4-9,12-15,23-24,29H,10-11,16-20H2,1-3H3. The summed E-state index contributed by atoms with van der Waals surface area (Å²) < 4.78 is 5.68. The molecule has 31 heavy (non-hydrogen) atoms. The molecule has 0 radical (unpaired) electrons. The third-order valence-electron chi connectivity index (χ3n) is 5.59. The summed E-state index contributed by atoms with van der Waals surface area (Å²) in [5, 5.41) is 10.9. The summed E-state index contributed by atoms with van der Waals surface area (Å²) in [5.74, 6) is 0. The summed E-state index contributed by atoms with van der Waals surface area (Å²) in [7, 11) is 0. The van der Waals surface area contributed by atoms with E-state index in [1.165, 1.54) is 5.56 Å². The summed E-state index contributed by atoms with van der Waals surface area (Å²) in [6.07, 6.45) is 2.24. The molecule has 0 aromatic heterocycles. The Hall–Kier alpha value is -2.37. The fourth-order valence-electron chi connectivity index (χ4n) is 4.12. The van der Waals surface area contributed by atoms with Crippen molar-refractivity contribution < 1.29 is 14.6 Å². The van der Waals surface area contributed by atoms with Gasteiger partial charge in [0.05, 0.1) is 6.10 Å². The molecule has 1 aliphatic heterocycles. The van der Waals surface area contributed by atoms with Crippen molar-refractivity contribution in [3.8, 4) is 0 Å². The van der Waals surface area contributed by atoms with Crippen molar-refractivity contribution in [3.05, 3.63) is 71.8 Å². The Kier molecular flexibility index (Phi) is 8.10. The molecule has 168 valence electrons. The van der Waals surface area contributed by atoms with Gasteiger partial charge in [0, 0.05) is 32.2 Å². The largest absolute Gasteiger partial charge is 0.444 e. The van der Waals surface area contributed by atoms with Crippen molar-refractivity contribution in [2.75, 3.05) is 19.6 Å². The van der Waals surface area contributed by atoms with Gasteiger partial charge in [-0.2, -0.15) is 0 Å². The molecule has 1 amide bonds. The predicted octanol–water partition coefficient (Wildman–Crippen LogP) is 5.01. The normalized spacial score (nSPS) is 18.1. The molecule has 1 heterocycles. The van der Waals surface area contributed by atoms with Crippen LogP contribution in [0, 0.1) is 0 Å². The van der Waals surface area contributed by atoms with Gasteiger partial charge in [-0.05, 0) is 51.2 Å². The highest BCUT2D eigenvalue weighted by Crippen LogP contribution is 2.23. The average Bonchev–Trinajstić information content (AvgIpc) is 2.74. The molecule has 0 bridgehead atoms. The lowest BCUT2D eigenvalue weighted by molar-refractivity contribution is 0.00207. The maximum Gasteiger partial charge on any atom is 0.410 e. The smallest absolute Gasteiger partial charge is 0.410 e. The number of ether oxygens (including phenoxy) is 1. The molecule has 1 aliphatic rings. The molecule has 5 heteroatoms. The molecule has 1 N–H and O–H groups in total. The van der Waals surface area contributed by atoms with Crippen LogP contribution in [0.2, 0.25) is 0 Å². The summed E-state index contributed by atoms with van der Waals surface area (Å²) in [6, 6.07) is 20.1. The van der Waals surface area contributed by atoms with Gasteiger partial charge in [0.2, 0.25) is 0 Å². The lowest BCUT2D eigenvalue weighted by atomic mass is 10.0. The highest BCUT2D eigenvalue weighted by atomic mass is 16.6. The van der Waals surface area contributed by atoms with Crippen molar-refractivity contribution in [2.24, 2.45) is 0 Å². The minimum Gasteiger partial charge on any atom is -0.444 e. The molecule has 3 rings (SSSR count). The Labute approximate surface area is 186 Å². The predicted molar refractivity (Wildman–Crippen MR) is 124 cm³/mol. The minimum atomic E-state index is -0.580. The zero-order valence-corrected chi connectivity index (χ0v) is 19.0. The molecular weight excluding hydrogens is 388 g/mol. The van der Waals surface area contributed by atoms with E-state index in [0.29, 0.717) is 13.1 Å². The first-order valence-corrected chi connectivity index (χ1v) is 11.3. The van der Waals surface area contributed by atoms with Crippen LogP contribution in [0.15, 0.2) is 60.7 Å². The van der Waals surface area contributed by atoms with Gasteiger partial charge >= 0.3 is 6.09 Å².